The molecule has 1 aromatic rings. The zero-order valence-electron chi connectivity index (χ0n) is 7.68. The van der Waals surface area contributed by atoms with Gasteiger partial charge in [0.1, 0.15) is 5.82 Å². The quantitative estimate of drug-likeness (QED) is 0.657. The van der Waals surface area contributed by atoms with Crippen LogP contribution in [0.1, 0.15) is 5.56 Å². The molecule has 0 aliphatic heterocycles. The number of benzene rings is 1. The minimum atomic E-state index is -2.63. The van der Waals surface area contributed by atoms with Gasteiger partial charge in [-0.15, -0.1) is 0 Å². The number of nitrogens with one attached hydrogen (secondary N) is 1. The average molecular weight is 283 g/mol. The van der Waals surface area contributed by atoms with Crippen LogP contribution in [0.2, 0.25) is 0 Å². The van der Waals surface area contributed by atoms with Gasteiger partial charge in [0.2, 0.25) is 0 Å². The van der Waals surface area contributed by atoms with Crippen LogP contribution >= 0.6 is 15.9 Å². The third-order valence-electron chi connectivity index (χ3n) is 1.97. The van der Waals surface area contributed by atoms with Crippen LogP contribution in [0.25, 0.3) is 0 Å². The highest BCUT2D eigenvalue weighted by Crippen LogP contribution is 2.18. The van der Waals surface area contributed by atoms with Crippen LogP contribution in [0.3, 0.4) is 0 Å². The molecule has 6 heteroatoms. The van der Waals surface area contributed by atoms with E-state index >= 15 is 0 Å². The van der Waals surface area contributed by atoms with Gasteiger partial charge in [-0.3, -0.25) is 11.3 Å². The predicted octanol–water partition coefficient (Wildman–Crippen LogP) is 2.23. The monoisotopic (exact) mass is 282 g/mol. The fourth-order valence-electron chi connectivity index (χ4n) is 1.16. The third-order valence-corrected chi connectivity index (χ3v) is 2.46. The molecule has 0 aliphatic rings. The lowest BCUT2D eigenvalue weighted by molar-refractivity contribution is 0.0980. The molecule has 0 fully saturated rings. The van der Waals surface area contributed by atoms with E-state index in [4.69, 9.17) is 5.84 Å². The molecule has 1 rings (SSSR count). The van der Waals surface area contributed by atoms with E-state index in [1.54, 1.807) is 0 Å². The van der Waals surface area contributed by atoms with Crippen molar-refractivity contribution in [1.82, 2.24) is 5.43 Å². The summed E-state index contributed by atoms with van der Waals surface area (Å²) in [6.45, 7) is 0. The van der Waals surface area contributed by atoms with E-state index in [0.29, 0.717) is 4.47 Å². The molecular formula is C9H10BrF3N2. The maximum Gasteiger partial charge on any atom is 0.255 e. The molecule has 3 N–H and O–H groups in total. The van der Waals surface area contributed by atoms with Crippen LogP contribution in [-0.2, 0) is 6.42 Å². The van der Waals surface area contributed by atoms with Crippen molar-refractivity contribution in [1.29, 1.82) is 0 Å². The fraction of sp³-hybridized carbons (Fsp3) is 0.333. The molecule has 2 nitrogen and oxygen atoms in total. The minimum Gasteiger partial charge on any atom is -0.271 e. The van der Waals surface area contributed by atoms with E-state index in [2.05, 4.69) is 15.9 Å². The first-order chi connectivity index (χ1) is 7.04. The summed E-state index contributed by atoms with van der Waals surface area (Å²) < 4.78 is 38.5. The summed E-state index contributed by atoms with van der Waals surface area (Å²) in [5.74, 6) is 4.43. The highest BCUT2D eigenvalue weighted by molar-refractivity contribution is 9.10. The van der Waals surface area contributed by atoms with E-state index in [0.717, 1.165) is 0 Å². The molecule has 1 aromatic carbocycles. The largest absolute Gasteiger partial charge is 0.271 e. The summed E-state index contributed by atoms with van der Waals surface area (Å²) in [5.41, 5.74) is 2.17. The van der Waals surface area contributed by atoms with Crippen molar-refractivity contribution in [3.8, 4) is 0 Å². The van der Waals surface area contributed by atoms with E-state index < -0.39 is 18.3 Å². The lowest BCUT2D eigenvalue weighted by atomic mass is 10.1. The maximum absolute atomic E-state index is 13.2. The maximum atomic E-state index is 13.2. The molecular weight excluding hydrogens is 273 g/mol. The summed E-state index contributed by atoms with van der Waals surface area (Å²) in [6, 6.07) is 2.95. The van der Waals surface area contributed by atoms with E-state index in [1.165, 1.54) is 18.2 Å². The van der Waals surface area contributed by atoms with Crippen molar-refractivity contribution in [3.63, 3.8) is 0 Å². The Hall–Kier alpha value is -0.590. The number of hydrogen-bond acceptors (Lipinski definition) is 2. The van der Waals surface area contributed by atoms with E-state index in [1.807, 2.05) is 5.43 Å². The second-order valence-electron chi connectivity index (χ2n) is 3.05. The molecule has 1 unspecified atom stereocenters. The first-order valence-electron chi connectivity index (χ1n) is 4.22. The fourth-order valence-corrected chi connectivity index (χ4v) is 1.57. The highest BCUT2D eigenvalue weighted by atomic mass is 79.9. The number of nitrogens with two attached hydrogens (primary N) is 1. The molecule has 84 valence electrons. The average Bonchev–Trinajstić information content (AvgIpc) is 2.18. The minimum absolute atomic E-state index is 0.153. The van der Waals surface area contributed by atoms with Gasteiger partial charge in [0, 0.05) is 4.47 Å². The number of hydrogen-bond donors (Lipinski definition) is 2. The Balaban J connectivity index is 2.82. The Bertz CT molecular complexity index is 333. The molecule has 0 spiro atoms. The van der Waals surface area contributed by atoms with Crippen LogP contribution in [0.15, 0.2) is 22.7 Å². The Morgan fingerprint density at radius 3 is 2.60 bits per heavy atom. The summed E-state index contributed by atoms with van der Waals surface area (Å²) in [7, 11) is 0. The van der Waals surface area contributed by atoms with Crippen LogP contribution in [0.5, 0.6) is 0 Å². The predicted molar refractivity (Wildman–Crippen MR) is 54.9 cm³/mol. The molecule has 0 bridgehead atoms. The molecule has 1 atom stereocenters. The van der Waals surface area contributed by atoms with Gasteiger partial charge < -0.3 is 0 Å². The van der Waals surface area contributed by atoms with Crippen molar-refractivity contribution in [2.24, 2.45) is 5.84 Å². The van der Waals surface area contributed by atoms with Gasteiger partial charge in [-0.1, -0.05) is 15.9 Å². The molecule has 0 saturated heterocycles. The topological polar surface area (TPSA) is 38.0 Å². The zero-order valence-corrected chi connectivity index (χ0v) is 9.27. The van der Waals surface area contributed by atoms with Crippen molar-refractivity contribution < 1.29 is 13.2 Å². The van der Waals surface area contributed by atoms with Crippen LogP contribution in [0, 0.1) is 5.82 Å². The zero-order chi connectivity index (χ0) is 11.4. The smallest absolute Gasteiger partial charge is 0.255 e. The van der Waals surface area contributed by atoms with Crippen LogP contribution in [-0.4, -0.2) is 12.5 Å². The Labute approximate surface area is 93.8 Å². The van der Waals surface area contributed by atoms with Crippen molar-refractivity contribution in [2.75, 3.05) is 0 Å². The molecule has 0 radical (unpaired) electrons. The first kappa shape index (κ1) is 12.5. The molecule has 0 aromatic heterocycles. The van der Waals surface area contributed by atoms with Gasteiger partial charge in [-0.05, 0) is 30.2 Å². The summed E-state index contributed by atoms with van der Waals surface area (Å²) in [4.78, 5) is 0. The number of hydrazine groups is 1. The lowest BCUT2D eigenvalue weighted by Crippen LogP contribution is -2.42. The first-order valence-corrected chi connectivity index (χ1v) is 5.02. The van der Waals surface area contributed by atoms with Gasteiger partial charge in [0.05, 0.1) is 6.04 Å². The second kappa shape index (κ2) is 5.48. The van der Waals surface area contributed by atoms with Crippen LogP contribution < -0.4 is 11.3 Å². The van der Waals surface area contributed by atoms with Crippen LogP contribution in [0.4, 0.5) is 13.2 Å². The normalized spacial score (nSPS) is 13.2. The van der Waals surface area contributed by atoms with Crippen molar-refractivity contribution in [2.45, 2.75) is 18.9 Å². The van der Waals surface area contributed by atoms with Gasteiger partial charge in [0.25, 0.3) is 6.43 Å². The molecule has 0 amide bonds. The van der Waals surface area contributed by atoms with Gasteiger partial charge >= 0.3 is 0 Å². The standard InChI is InChI=1S/C9H10BrF3N2/c10-6-1-2-7(11)5(3-6)4-8(15-14)9(12)13/h1-3,8-9,15H,4,14H2. The van der Waals surface area contributed by atoms with E-state index in [-0.39, 0.29) is 12.0 Å². The van der Waals surface area contributed by atoms with Gasteiger partial charge in [-0.25, -0.2) is 13.2 Å². The molecule has 0 saturated carbocycles. The van der Waals surface area contributed by atoms with Gasteiger partial charge in [0.15, 0.2) is 0 Å². The highest BCUT2D eigenvalue weighted by Gasteiger charge is 2.20. The molecule has 0 aliphatic carbocycles. The summed E-state index contributed by atoms with van der Waals surface area (Å²) >= 11 is 3.14. The van der Waals surface area contributed by atoms with Crippen molar-refractivity contribution in [3.05, 3.63) is 34.1 Å². The van der Waals surface area contributed by atoms with E-state index in [9.17, 15) is 13.2 Å². The molecule has 15 heavy (non-hydrogen) atoms. The Morgan fingerprint density at radius 2 is 2.07 bits per heavy atom. The number of alkyl halides is 2. The Morgan fingerprint density at radius 1 is 1.40 bits per heavy atom. The SMILES string of the molecule is NNC(Cc1cc(Br)ccc1F)C(F)F. The number of halogens is 4. The van der Waals surface area contributed by atoms with Gasteiger partial charge in [-0.2, -0.15) is 0 Å². The third kappa shape index (κ3) is 3.48. The number of rotatable bonds is 4. The van der Waals surface area contributed by atoms with Crippen molar-refractivity contribution >= 4 is 15.9 Å². The second-order valence-corrected chi connectivity index (χ2v) is 3.96. The summed E-state index contributed by atoms with van der Waals surface area (Å²) in [5, 5.41) is 0. The summed E-state index contributed by atoms with van der Waals surface area (Å²) in [6.07, 6.45) is -2.78. The Kier molecular flexibility index (Phi) is 4.56. The molecule has 0 heterocycles. The lowest BCUT2D eigenvalue weighted by Gasteiger charge is -2.15.